The highest BCUT2D eigenvalue weighted by atomic mass is 16.7. The van der Waals surface area contributed by atoms with E-state index in [9.17, 15) is 74.1 Å². The van der Waals surface area contributed by atoms with Crippen LogP contribution in [0.3, 0.4) is 0 Å². The number of rotatable bonds is 24. The summed E-state index contributed by atoms with van der Waals surface area (Å²) in [5.41, 5.74) is -9.84. The third-order valence-electron chi connectivity index (χ3n) is 28.7. The number of hydrogen-bond acceptors (Lipinski definition) is 34. The number of Topliss-reactive ketones (excluding diaryl/α,β-unsaturated/α-hetero) is 1. The molecule has 6 heterocycles. The van der Waals surface area contributed by atoms with Crippen LogP contribution in [0, 0.1) is 47.3 Å². The minimum atomic E-state index is -2.64. The summed E-state index contributed by atoms with van der Waals surface area (Å²) in [7, 11) is 11.4. The summed E-state index contributed by atoms with van der Waals surface area (Å²) in [6.45, 7) is 33.4. The Morgan fingerprint density at radius 2 is 0.775 bits per heavy atom. The Morgan fingerprint density at radius 3 is 1.09 bits per heavy atom. The molecule has 6 fully saturated rings. The molecule has 37 atom stereocenters. The average molecular weight is 1940 g/mol. The second-order valence-electron chi connectivity index (χ2n) is 39.8. The van der Waals surface area contributed by atoms with Crippen LogP contribution in [0.4, 0.5) is 0 Å². The fourth-order valence-electron chi connectivity index (χ4n) is 20.6. The zero-order chi connectivity index (χ0) is 103. The van der Waals surface area contributed by atoms with Crippen molar-refractivity contribution in [3.05, 3.63) is 156 Å². The van der Waals surface area contributed by atoms with E-state index in [-0.39, 0.29) is 44.8 Å². The number of hydrogen-bond donors (Lipinski definition) is 8. The minimum Gasteiger partial charge on any atom is -0.459 e. The van der Waals surface area contributed by atoms with E-state index < -0.39 is 264 Å². The number of esters is 6. The summed E-state index contributed by atoms with van der Waals surface area (Å²) >= 11 is 0. The quantitative estimate of drug-likeness (QED) is 0.0140. The van der Waals surface area contributed by atoms with Gasteiger partial charge in [0, 0.05) is 63.8 Å². The highest BCUT2D eigenvalue weighted by molar-refractivity contribution is 5.91. The Balaban J connectivity index is 0.000000333. The van der Waals surface area contributed by atoms with Crippen LogP contribution < -0.4 is 0 Å². The number of carbonyl (C=O) groups is 8. The van der Waals surface area contributed by atoms with Crippen molar-refractivity contribution in [2.45, 2.75) is 351 Å². The lowest BCUT2D eigenvalue weighted by atomic mass is 9.73. The molecule has 34 nitrogen and oxygen atoms in total. The molecule has 6 saturated heterocycles. The van der Waals surface area contributed by atoms with Crippen LogP contribution in [0.15, 0.2) is 134 Å². The Hall–Kier alpha value is -8.02. The number of likely N-dealkylation sites (N-methyl/N-ethyl adjacent to an activating group) is 2. The van der Waals surface area contributed by atoms with Crippen LogP contribution in [0.25, 0.3) is 0 Å². The number of cyclic esters (lactones) is 2. The lowest BCUT2D eigenvalue weighted by Crippen LogP contribution is -2.62. The molecule has 34 heteroatoms. The molecule has 10 rings (SSSR count). The summed E-state index contributed by atoms with van der Waals surface area (Å²) in [6.07, 6.45) is -22.8. The first kappa shape index (κ1) is 115. The number of benzene rings is 4. The number of aliphatic hydroxyl groups excluding tert-OH is 4. The summed E-state index contributed by atoms with van der Waals surface area (Å²) in [5.74, 6) is -13.2. The van der Waals surface area contributed by atoms with E-state index in [1.54, 1.807) is 197 Å². The van der Waals surface area contributed by atoms with Crippen molar-refractivity contribution < 1.29 is 155 Å². The molecular formula is C104H154N2O32. The lowest BCUT2D eigenvalue weighted by molar-refractivity contribution is -0.317. The molecule has 6 aliphatic rings. The van der Waals surface area contributed by atoms with Gasteiger partial charge in [0.1, 0.15) is 34.8 Å². The number of aliphatic hydroxyl groups is 8. The fraction of sp³-hybridized carbons (Fsp3) is 0.673. The summed E-state index contributed by atoms with van der Waals surface area (Å²) in [5, 5.41) is 91.7. The molecule has 4 aromatic carbocycles. The molecule has 0 saturated carbocycles. The van der Waals surface area contributed by atoms with E-state index in [0.29, 0.717) is 35.1 Å². The standard InChI is InChI=1S/C52H75NO15.C51H75NO16.CH4O/c1-14-38-52(60,15-2)43(55)31(5)40(54)29(3)27-50(9,59)44(68-49-42(37(53(11)12)26-30(4)62-49)66-47(57)35-22-18-16-19-23-35)32(6)41(33(7)46(56)64-38)65-39-28-51(10,61-13)45(34(8)63-39)67-48(58)36-24-20-17-21-25-36;1-13-37-51(60,27-53)42(55)30(4)39(54)28(2)25-49(8,59)43(68-48-41(36(52(10)11)24-29(3)62-48)66-46(57)34-20-16-14-17-21-34)31(5)40(32(6)45(56)64-37)65-38-26-50(9,61-12)44(33(7)63-38)67-47(58)35-22-18-15-19-23-35;1-2/h15-25,29-34,37-39,41-45,49,55,59-60H,2,14,26-28H2,1,3-13H3;14-23,27-33,36-44,48,54-55,59-60H,13,24-26H2,1-12H3;2H,1H3/t29-,30-,31+,32+,33-,34+,37+,38-,39+,41+,42-,43-,44-,45+,49+,50+,51-,52-;28-,29-,30+,31+,32-,33+,36+,37-,38+,39+,40+,41-,42-,43-,44+,48+,49+,50-,51-;/m11./s1. The van der Waals surface area contributed by atoms with Crippen LogP contribution in [0.1, 0.15) is 217 Å². The maximum Gasteiger partial charge on any atom is 0.338 e. The highest BCUT2D eigenvalue weighted by Gasteiger charge is 2.60. The second kappa shape index (κ2) is 49.8. The van der Waals surface area contributed by atoms with E-state index >= 15 is 0 Å². The van der Waals surface area contributed by atoms with Crippen LogP contribution in [-0.4, -0.2) is 323 Å². The number of methoxy groups -OCH3 is 2. The van der Waals surface area contributed by atoms with Gasteiger partial charge in [0.25, 0.3) is 0 Å². The van der Waals surface area contributed by atoms with Gasteiger partial charge in [-0.1, -0.05) is 141 Å². The summed E-state index contributed by atoms with van der Waals surface area (Å²) in [6, 6.07) is 33.1. The van der Waals surface area contributed by atoms with Crippen LogP contribution in [0.5, 0.6) is 0 Å². The van der Waals surface area contributed by atoms with E-state index in [1.807, 2.05) is 51.8 Å². The highest BCUT2D eigenvalue weighted by Crippen LogP contribution is 2.47. The first-order valence-corrected chi connectivity index (χ1v) is 48.0. The lowest BCUT2D eigenvalue weighted by Gasteiger charge is -2.50. The van der Waals surface area contributed by atoms with Gasteiger partial charge in [-0.2, -0.15) is 0 Å². The van der Waals surface area contributed by atoms with Crippen LogP contribution in [0.2, 0.25) is 0 Å². The van der Waals surface area contributed by atoms with Gasteiger partial charge in [0.05, 0.1) is 125 Å². The van der Waals surface area contributed by atoms with E-state index in [2.05, 4.69) is 6.58 Å². The molecule has 0 amide bonds. The van der Waals surface area contributed by atoms with Gasteiger partial charge in [-0.3, -0.25) is 19.2 Å². The SMILES string of the molecule is C=C[C@]1(O)[C@H](O)[C@@H](C)C(=O)[C@H](C)C[C@](C)(O)[C@H](O[C@@H]2O[C@H](C)C[C@H](N(C)C)[C@H]2OC(=O)c2ccccc2)[C@@H](C)[C@H](O[C@H]2C[C@@](C)(OC)[C@@H](OC(=O)c3ccccc3)[C@H](C)O2)[C@@H](C)C(=O)O[C@@H]1CC.CC[C@H]1OC(=O)[C@H](C)[C@@H](O[C@H]2C[C@@](C)(OC)[C@@H](OC(=O)c3ccccc3)[C@H](C)O2)[C@H](C)[C@@H](O[C@@H]2O[C@H](C)C[C@H](N(C)C)[C@H]2OC(=O)c2ccccc2)[C@@](C)(O)C[C@@H](C)[C@H](O)[C@H](C)[C@@H](O)[C@@]1(O)C=O.CO. The Kier molecular flexibility index (Phi) is 41.6. The molecule has 0 radical (unpaired) electrons. The van der Waals surface area contributed by atoms with E-state index in [4.69, 9.17) is 80.9 Å². The van der Waals surface area contributed by atoms with Crippen molar-refractivity contribution in [3.63, 3.8) is 0 Å². The van der Waals surface area contributed by atoms with Crippen molar-refractivity contribution >= 4 is 47.9 Å². The van der Waals surface area contributed by atoms with Crippen LogP contribution >= 0.6 is 0 Å². The third kappa shape index (κ3) is 27.1. The number of aldehydes is 1. The van der Waals surface area contributed by atoms with Crippen molar-refractivity contribution in [1.82, 2.24) is 9.80 Å². The monoisotopic (exact) mass is 1940 g/mol. The van der Waals surface area contributed by atoms with Gasteiger partial charge in [0.15, 0.2) is 61.5 Å². The Labute approximate surface area is 812 Å². The molecule has 4 aromatic rings. The van der Waals surface area contributed by atoms with Gasteiger partial charge in [-0.15, -0.1) is 0 Å². The molecule has 6 aliphatic heterocycles. The maximum absolute atomic E-state index is 14.6. The predicted octanol–water partition coefficient (Wildman–Crippen LogP) is 9.78. The number of nitrogens with zero attached hydrogens (tertiary/aromatic N) is 2. The van der Waals surface area contributed by atoms with Gasteiger partial charge in [0.2, 0.25) is 0 Å². The van der Waals surface area contributed by atoms with Gasteiger partial charge < -0.3 is 126 Å². The smallest absolute Gasteiger partial charge is 0.338 e. The van der Waals surface area contributed by atoms with Crippen molar-refractivity contribution in [1.29, 1.82) is 0 Å². The molecule has 0 unspecified atom stereocenters. The first-order chi connectivity index (χ1) is 64.8. The van der Waals surface area contributed by atoms with Crippen molar-refractivity contribution in [2.24, 2.45) is 47.3 Å². The maximum atomic E-state index is 14.6. The molecule has 138 heavy (non-hydrogen) atoms. The van der Waals surface area contributed by atoms with E-state index in [0.717, 1.165) is 13.2 Å². The molecule has 0 spiro atoms. The molecule has 0 aromatic heterocycles. The number of carbonyl (C=O) groups excluding carboxylic acids is 8. The molecule has 0 bridgehead atoms. The van der Waals surface area contributed by atoms with Crippen molar-refractivity contribution in [2.75, 3.05) is 49.5 Å². The largest absolute Gasteiger partial charge is 0.459 e. The molecular weight excluding hydrogens is 1790 g/mol. The minimum absolute atomic E-state index is 0.00216. The normalized spacial score (nSPS) is 39.8. The van der Waals surface area contributed by atoms with Gasteiger partial charge >= 0.3 is 35.8 Å². The first-order valence-electron chi connectivity index (χ1n) is 48.0. The summed E-state index contributed by atoms with van der Waals surface area (Å²) in [4.78, 5) is 114. The number of ether oxygens (including phenoxy) is 16. The summed E-state index contributed by atoms with van der Waals surface area (Å²) < 4.78 is 102. The Morgan fingerprint density at radius 1 is 0.442 bits per heavy atom. The number of ketones is 1. The van der Waals surface area contributed by atoms with E-state index in [1.165, 1.54) is 48.8 Å². The predicted molar refractivity (Wildman–Crippen MR) is 505 cm³/mol. The zero-order valence-electron chi connectivity index (χ0n) is 84.7. The topological polar surface area (TPSA) is 453 Å². The Bertz CT molecular complexity index is 4550. The van der Waals surface area contributed by atoms with Gasteiger partial charge in [-0.05, 0) is 190 Å². The zero-order valence-corrected chi connectivity index (χ0v) is 84.7. The second-order valence-corrected chi connectivity index (χ2v) is 39.8. The van der Waals surface area contributed by atoms with Crippen molar-refractivity contribution in [3.8, 4) is 0 Å². The third-order valence-corrected chi connectivity index (χ3v) is 28.7. The average Bonchev–Trinajstić information content (AvgIpc) is 0.767. The molecule has 772 valence electrons. The molecule has 8 N–H and O–H groups in total. The van der Waals surface area contributed by atoms with Gasteiger partial charge in [-0.25, -0.2) is 19.2 Å². The fourth-order valence-corrected chi connectivity index (χ4v) is 20.6. The van der Waals surface area contributed by atoms with Crippen LogP contribution in [-0.2, 0) is 95.0 Å². The molecule has 0 aliphatic carbocycles.